The van der Waals surface area contributed by atoms with Crippen LogP contribution in [0.25, 0.3) is 16.7 Å². The van der Waals surface area contributed by atoms with E-state index in [9.17, 15) is 9.59 Å². The monoisotopic (exact) mass is 350 g/mol. The van der Waals surface area contributed by atoms with Crippen molar-refractivity contribution in [2.24, 2.45) is 0 Å². The summed E-state index contributed by atoms with van der Waals surface area (Å²) in [7, 11) is 0. The number of carboxylic acid groups (broad SMARTS) is 1. The fourth-order valence-electron chi connectivity index (χ4n) is 2.15. The molecule has 0 radical (unpaired) electrons. The maximum absolute atomic E-state index is 12.3. The molecule has 23 heavy (non-hydrogen) atoms. The lowest BCUT2D eigenvalue weighted by Crippen LogP contribution is -2.16. The summed E-state index contributed by atoms with van der Waals surface area (Å²) in [6, 6.07) is 9.73. The van der Waals surface area contributed by atoms with Crippen molar-refractivity contribution in [3.63, 3.8) is 0 Å². The summed E-state index contributed by atoms with van der Waals surface area (Å²) in [6.07, 6.45) is -0.363. The number of fused-ring (bicyclic) bond motifs is 1. The Morgan fingerprint density at radius 2 is 1.91 bits per heavy atom. The van der Waals surface area contributed by atoms with Crippen LogP contribution in [0.2, 0.25) is 10.2 Å². The van der Waals surface area contributed by atoms with Crippen molar-refractivity contribution in [2.75, 3.05) is 0 Å². The number of pyridine rings is 2. The molecule has 0 bridgehead atoms. The van der Waals surface area contributed by atoms with Crippen LogP contribution in [-0.2, 0) is 0 Å². The van der Waals surface area contributed by atoms with Gasteiger partial charge in [0.2, 0.25) is 5.43 Å². The molecule has 8 heteroatoms. The van der Waals surface area contributed by atoms with Crippen molar-refractivity contribution in [1.82, 2.24) is 9.55 Å². The number of halogens is 2. The van der Waals surface area contributed by atoms with Crippen LogP contribution in [0, 0.1) is 0 Å². The SMILES string of the molecule is O=C(O)Oc1cn(-c2ccccc2Cl)c2nc(Cl)ccc2c1=O. The highest BCUT2D eigenvalue weighted by molar-refractivity contribution is 6.32. The summed E-state index contributed by atoms with van der Waals surface area (Å²) < 4.78 is 6.03. The van der Waals surface area contributed by atoms with Crippen molar-refractivity contribution >= 4 is 40.4 Å². The Hall–Kier alpha value is -2.57. The molecule has 3 aromatic rings. The molecular formula is C15H8Cl2N2O4. The molecular weight excluding hydrogens is 343 g/mol. The van der Waals surface area contributed by atoms with Gasteiger partial charge in [0.05, 0.1) is 22.3 Å². The quantitative estimate of drug-likeness (QED) is 0.562. The van der Waals surface area contributed by atoms with Gasteiger partial charge in [-0.05, 0) is 24.3 Å². The highest BCUT2D eigenvalue weighted by Gasteiger charge is 2.16. The molecule has 3 rings (SSSR count). The van der Waals surface area contributed by atoms with Crippen molar-refractivity contribution in [3.05, 3.63) is 63.0 Å². The van der Waals surface area contributed by atoms with Gasteiger partial charge in [-0.15, -0.1) is 0 Å². The van der Waals surface area contributed by atoms with Crippen molar-refractivity contribution < 1.29 is 14.6 Å². The number of ether oxygens (including phenoxy) is 1. The van der Waals surface area contributed by atoms with Crippen molar-refractivity contribution in [1.29, 1.82) is 0 Å². The Morgan fingerprint density at radius 3 is 2.61 bits per heavy atom. The standard InChI is InChI=1S/C15H8Cl2N2O4/c16-9-3-1-2-4-10(9)19-7-11(23-15(21)22)13(20)8-5-6-12(17)18-14(8)19/h1-7H,(H,21,22). The van der Waals surface area contributed by atoms with Crippen LogP contribution in [0.3, 0.4) is 0 Å². The Balaban J connectivity index is 2.41. The van der Waals surface area contributed by atoms with E-state index in [1.807, 2.05) is 0 Å². The zero-order valence-electron chi connectivity index (χ0n) is 11.4. The van der Waals surface area contributed by atoms with Crippen LogP contribution in [0.1, 0.15) is 0 Å². The van der Waals surface area contributed by atoms with Gasteiger partial charge in [0, 0.05) is 0 Å². The molecule has 0 atom stereocenters. The van der Waals surface area contributed by atoms with Gasteiger partial charge in [0.1, 0.15) is 10.8 Å². The van der Waals surface area contributed by atoms with Crippen LogP contribution >= 0.6 is 23.2 Å². The molecule has 2 aromatic heterocycles. The second-order valence-corrected chi connectivity index (χ2v) is 5.31. The first-order valence-electron chi connectivity index (χ1n) is 6.35. The Morgan fingerprint density at radius 1 is 1.17 bits per heavy atom. The molecule has 0 aliphatic heterocycles. The summed E-state index contributed by atoms with van der Waals surface area (Å²) in [4.78, 5) is 27.3. The summed E-state index contributed by atoms with van der Waals surface area (Å²) in [5.74, 6) is -0.353. The fourth-order valence-corrected chi connectivity index (χ4v) is 2.52. The number of hydrogen-bond acceptors (Lipinski definition) is 4. The van der Waals surface area contributed by atoms with Crippen LogP contribution in [0.5, 0.6) is 5.75 Å². The third-order valence-electron chi connectivity index (χ3n) is 3.09. The zero-order chi connectivity index (χ0) is 16.6. The number of rotatable bonds is 2. The first-order valence-corrected chi connectivity index (χ1v) is 7.10. The van der Waals surface area contributed by atoms with E-state index < -0.39 is 11.6 Å². The van der Waals surface area contributed by atoms with Gasteiger partial charge in [0.25, 0.3) is 0 Å². The average molecular weight is 351 g/mol. The fraction of sp³-hybridized carbons (Fsp3) is 0. The number of carbonyl (C=O) groups is 1. The van der Waals surface area contributed by atoms with E-state index in [1.165, 1.54) is 22.9 Å². The van der Waals surface area contributed by atoms with Gasteiger partial charge in [-0.1, -0.05) is 35.3 Å². The molecule has 0 saturated carbocycles. The number of para-hydroxylation sites is 1. The Labute approximate surface area is 139 Å². The van der Waals surface area contributed by atoms with Gasteiger partial charge >= 0.3 is 6.16 Å². The summed E-state index contributed by atoms with van der Waals surface area (Å²) in [5.41, 5.74) is 0.146. The van der Waals surface area contributed by atoms with Crippen LogP contribution in [0.15, 0.2) is 47.4 Å². The molecule has 0 spiro atoms. The molecule has 0 amide bonds. The molecule has 0 aliphatic carbocycles. The van der Waals surface area contributed by atoms with Crippen molar-refractivity contribution in [3.8, 4) is 11.4 Å². The van der Waals surface area contributed by atoms with E-state index in [2.05, 4.69) is 9.72 Å². The highest BCUT2D eigenvalue weighted by Crippen LogP contribution is 2.25. The van der Waals surface area contributed by atoms with E-state index in [-0.39, 0.29) is 21.9 Å². The molecule has 6 nitrogen and oxygen atoms in total. The lowest BCUT2D eigenvalue weighted by Gasteiger charge is -2.13. The number of benzene rings is 1. The molecule has 116 valence electrons. The van der Waals surface area contributed by atoms with Crippen molar-refractivity contribution in [2.45, 2.75) is 0 Å². The van der Waals surface area contributed by atoms with E-state index in [0.717, 1.165) is 0 Å². The normalized spacial score (nSPS) is 10.7. The lowest BCUT2D eigenvalue weighted by molar-refractivity contribution is 0.144. The smallest absolute Gasteiger partial charge is 0.449 e. The van der Waals surface area contributed by atoms with Gasteiger partial charge in [-0.3, -0.25) is 9.36 Å². The third-order valence-corrected chi connectivity index (χ3v) is 3.62. The number of hydrogen-bond donors (Lipinski definition) is 1. The van der Waals surface area contributed by atoms with E-state index in [0.29, 0.717) is 10.7 Å². The van der Waals surface area contributed by atoms with Gasteiger partial charge in [-0.25, -0.2) is 9.78 Å². The second kappa shape index (κ2) is 5.91. The molecule has 0 fully saturated rings. The topological polar surface area (TPSA) is 81.4 Å². The maximum Gasteiger partial charge on any atom is 0.511 e. The highest BCUT2D eigenvalue weighted by atomic mass is 35.5. The Kier molecular flexibility index (Phi) is 3.94. The average Bonchev–Trinajstić information content (AvgIpc) is 2.50. The minimum absolute atomic E-state index is 0.160. The summed E-state index contributed by atoms with van der Waals surface area (Å²) in [6.45, 7) is 0. The Bertz CT molecular complexity index is 985. The van der Waals surface area contributed by atoms with E-state index in [1.54, 1.807) is 24.3 Å². The first kappa shape index (κ1) is 15.3. The predicted octanol–water partition coefficient (Wildman–Crippen LogP) is 3.75. The third kappa shape index (κ3) is 2.86. The zero-order valence-corrected chi connectivity index (χ0v) is 12.9. The largest absolute Gasteiger partial charge is 0.511 e. The molecule has 1 aromatic carbocycles. The minimum atomic E-state index is -1.59. The van der Waals surface area contributed by atoms with Gasteiger partial charge in [-0.2, -0.15) is 0 Å². The molecule has 2 heterocycles. The van der Waals surface area contributed by atoms with Gasteiger partial charge in [0.15, 0.2) is 5.75 Å². The maximum atomic E-state index is 12.3. The van der Waals surface area contributed by atoms with Crippen LogP contribution in [-0.4, -0.2) is 20.8 Å². The van der Waals surface area contributed by atoms with E-state index >= 15 is 0 Å². The molecule has 0 unspecified atom stereocenters. The van der Waals surface area contributed by atoms with E-state index in [4.69, 9.17) is 28.3 Å². The summed E-state index contributed by atoms with van der Waals surface area (Å²) >= 11 is 12.1. The molecule has 0 saturated heterocycles. The predicted molar refractivity (Wildman–Crippen MR) is 86.0 cm³/mol. The molecule has 0 aliphatic rings. The first-order chi connectivity index (χ1) is 11.0. The lowest BCUT2D eigenvalue weighted by atomic mass is 10.2. The minimum Gasteiger partial charge on any atom is -0.449 e. The number of nitrogens with zero attached hydrogens (tertiary/aromatic N) is 2. The van der Waals surface area contributed by atoms with Crippen LogP contribution < -0.4 is 10.2 Å². The second-order valence-electron chi connectivity index (χ2n) is 4.52. The summed E-state index contributed by atoms with van der Waals surface area (Å²) in [5, 5.41) is 9.52. The van der Waals surface area contributed by atoms with Crippen LogP contribution in [0.4, 0.5) is 4.79 Å². The van der Waals surface area contributed by atoms with Gasteiger partial charge < -0.3 is 9.84 Å². The number of aromatic nitrogens is 2. The molecule has 1 N–H and O–H groups in total.